The Hall–Kier alpha value is -1.42. The molecule has 0 saturated carbocycles. The lowest BCUT2D eigenvalue weighted by molar-refractivity contribution is 0.111. The van der Waals surface area contributed by atoms with Gasteiger partial charge in [0, 0.05) is 30.9 Å². The van der Waals surface area contributed by atoms with Crippen LogP contribution in [0.3, 0.4) is 0 Å². The van der Waals surface area contributed by atoms with Gasteiger partial charge in [0.05, 0.1) is 6.10 Å². The van der Waals surface area contributed by atoms with Crippen LogP contribution in [0, 0.1) is 5.82 Å². The van der Waals surface area contributed by atoms with E-state index in [0.29, 0.717) is 11.8 Å². The summed E-state index contributed by atoms with van der Waals surface area (Å²) >= 11 is 0. The number of carbonyl (C=O) groups is 1. The van der Waals surface area contributed by atoms with Gasteiger partial charge in [0.1, 0.15) is 5.82 Å². The van der Waals surface area contributed by atoms with Crippen molar-refractivity contribution >= 4 is 12.0 Å². The van der Waals surface area contributed by atoms with Crippen molar-refractivity contribution in [1.82, 2.24) is 0 Å². The molecule has 1 saturated heterocycles. The minimum absolute atomic E-state index is 0.217. The second kappa shape index (κ2) is 5.96. The van der Waals surface area contributed by atoms with E-state index in [-0.39, 0.29) is 11.9 Å². The number of benzene rings is 1. The monoisotopic (exact) mass is 251 g/mol. The SMILES string of the molecule is CCN(CC1CCCO1)c1ccc(F)cc1C=O. The van der Waals surface area contributed by atoms with Crippen LogP contribution in [0.2, 0.25) is 0 Å². The lowest BCUT2D eigenvalue weighted by Gasteiger charge is -2.27. The molecule has 2 rings (SSSR count). The normalized spacial score (nSPS) is 18.9. The first-order valence-electron chi connectivity index (χ1n) is 6.36. The molecule has 0 amide bonds. The van der Waals surface area contributed by atoms with Crippen molar-refractivity contribution < 1.29 is 13.9 Å². The van der Waals surface area contributed by atoms with Crippen LogP contribution >= 0.6 is 0 Å². The topological polar surface area (TPSA) is 29.5 Å². The summed E-state index contributed by atoms with van der Waals surface area (Å²) in [5.74, 6) is -0.381. The fraction of sp³-hybridized carbons (Fsp3) is 0.500. The van der Waals surface area contributed by atoms with Gasteiger partial charge in [-0.2, -0.15) is 0 Å². The molecule has 0 spiro atoms. The first-order chi connectivity index (χ1) is 8.74. The molecule has 0 N–H and O–H groups in total. The fourth-order valence-electron chi connectivity index (χ4n) is 2.34. The largest absolute Gasteiger partial charge is 0.376 e. The summed E-state index contributed by atoms with van der Waals surface area (Å²) in [7, 11) is 0. The summed E-state index contributed by atoms with van der Waals surface area (Å²) in [6.45, 7) is 4.36. The summed E-state index contributed by atoms with van der Waals surface area (Å²) in [5, 5.41) is 0. The van der Waals surface area contributed by atoms with Gasteiger partial charge in [0.15, 0.2) is 6.29 Å². The number of aldehydes is 1. The van der Waals surface area contributed by atoms with Crippen LogP contribution in [0.1, 0.15) is 30.1 Å². The Kier molecular flexibility index (Phi) is 4.31. The number of hydrogen-bond donors (Lipinski definition) is 0. The molecule has 0 aliphatic carbocycles. The smallest absolute Gasteiger partial charge is 0.152 e. The second-order valence-electron chi connectivity index (χ2n) is 4.49. The molecule has 1 unspecified atom stereocenters. The predicted molar refractivity (Wildman–Crippen MR) is 68.6 cm³/mol. The summed E-state index contributed by atoms with van der Waals surface area (Å²) in [6, 6.07) is 4.33. The first-order valence-corrected chi connectivity index (χ1v) is 6.36. The number of rotatable bonds is 5. The molecule has 1 fully saturated rings. The van der Waals surface area contributed by atoms with E-state index in [4.69, 9.17) is 4.74 Å². The quantitative estimate of drug-likeness (QED) is 0.753. The fourth-order valence-corrected chi connectivity index (χ4v) is 2.34. The van der Waals surface area contributed by atoms with E-state index in [1.807, 2.05) is 6.92 Å². The maximum absolute atomic E-state index is 13.1. The molecule has 4 heteroatoms. The molecule has 3 nitrogen and oxygen atoms in total. The van der Waals surface area contributed by atoms with Gasteiger partial charge in [-0.1, -0.05) is 0 Å². The van der Waals surface area contributed by atoms with Crippen molar-refractivity contribution in [2.75, 3.05) is 24.6 Å². The van der Waals surface area contributed by atoms with Gasteiger partial charge in [-0.15, -0.1) is 0 Å². The van der Waals surface area contributed by atoms with E-state index in [0.717, 1.165) is 38.2 Å². The lowest BCUT2D eigenvalue weighted by Crippen LogP contribution is -2.32. The van der Waals surface area contributed by atoms with Crippen molar-refractivity contribution in [2.45, 2.75) is 25.9 Å². The maximum atomic E-state index is 13.1. The van der Waals surface area contributed by atoms with E-state index in [9.17, 15) is 9.18 Å². The van der Waals surface area contributed by atoms with E-state index >= 15 is 0 Å². The maximum Gasteiger partial charge on any atom is 0.152 e. The van der Waals surface area contributed by atoms with Crippen LogP contribution < -0.4 is 4.90 Å². The van der Waals surface area contributed by atoms with E-state index in [1.165, 1.54) is 12.1 Å². The zero-order valence-corrected chi connectivity index (χ0v) is 10.6. The van der Waals surface area contributed by atoms with Gasteiger partial charge < -0.3 is 9.64 Å². The first kappa shape index (κ1) is 13.0. The van der Waals surface area contributed by atoms with Crippen LogP contribution in [0.4, 0.5) is 10.1 Å². The Morgan fingerprint density at radius 1 is 1.56 bits per heavy atom. The van der Waals surface area contributed by atoms with Crippen molar-refractivity contribution in [3.05, 3.63) is 29.6 Å². The molecule has 18 heavy (non-hydrogen) atoms. The molecule has 0 aromatic heterocycles. The summed E-state index contributed by atoms with van der Waals surface area (Å²) in [4.78, 5) is 13.1. The zero-order chi connectivity index (χ0) is 13.0. The third kappa shape index (κ3) is 2.88. The molecule has 1 aromatic rings. The number of ether oxygens (including phenoxy) is 1. The number of anilines is 1. The molecule has 1 atom stereocenters. The predicted octanol–water partition coefficient (Wildman–Crippen LogP) is 2.64. The Morgan fingerprint density at radius 2 is 2.39 bits per heavy atom. The molecule has 1 aliphatic rings. The number of halogens is 1. The van der Waals surface area contributed by atoms with Gasteiger partial charge in [-0.25, -0.2) is 4.39 Å². The van der Waals surface area contributed by atoms with E-state index < -0.39 is 0 Å². The molecular formula is C14H18FNO2. The highest BCUT2D eigenvalue weighted by molar-refractivity contribution is 5.84. The minimum atomic E-state index is -0.381. The van der Waals surface area contributed by atoms with Crippen LogP contribution in [0.15, 0.2) is 18.2 Å². The summed E-state index contributed by atoms with van der Waals surface area (Å²) < 4.78 is 18.7. The minimum Gasteiger partial charge on any atom is -0.376 e. The Bertz CT molecular complexity index is 416. The van der Waals surface area contributed by atoms with Crippen molar-refractivity contribution in [3.8, 4) is 0 Å². The molecule has 1 heterocycles. The average Bonchev–Trinajstić information content (AvgIpc) is 2.89. The van der Waals surface area contributed by atoms with Crippen LogP contribution in [0.5, 0.6) is 0 Å². The average molecular weight is 251 g/mol. The Labute approximate surface area is 107 Å². The van der Waals surface area contributed by atoms with E-state index in [1.54, 1.807) is 6.07 Å². The standard InChI is InChI=1S/C14H18FNO2/c1-2-16(9-13-4-3-7-18-13)14-6-5-12(15)8-11(14)10-17/h5-6,8,10,13H,2-4,7,9H2,1H3. The molecule has 98 valence electrons. The van der Waals surface area contributed by atoms with Gasteiger partial charge >= 0.3 is 0 Å². The zero-order valence-electron chi connectivity index (χ0n) is 10.6. The van der Waals surface area contributed by atoms with Crippen molar-refractivity contribution in [2.24, 2.45) is 0 Å². The third-order valence-corrected chi connectivity index (χ3v) is 3.29. The summed E-state index contributed by atoms with van der Waals surface area (Å²) in [6.07, 6.45) is 3.06. The van der Waals surface area contributed by atoms with Gasteiger partial charge in [0.2, 0.25) is 0 Å². The highest BCUT2D eigenvalue weighted by Crippen LogP contribution is 2.23. The lowest BCUT2D eigenvalue weighted by atomic mass is 10.1. The highest BCUT2D eigenvalue weighted by Gasteiger charge is 2.20. The number of carbonyl (C=O) groups excluding carboxylic acids is 1. The van der Waals surface area contributed by atoms with Gasteiger partial charge in [-0.3, -0.25) is 4.79 Å². The van der Waals surface area contributed by atoms with Crippen LogP contribution in [0.25, 0.3) is 0 Å². The van der Waals surface area contributed by atoms with Crippen molar-refractivity contribution in [3.63, 3.8) is 0 Å². The van der Waals surface area contributed by atoms with Crippen LogP contribution in [-0.2, 0) is 4.74 Å². The second-order valence-corrected chi connectivity index (χ2v) is 4.49. The van der Waals surface area contributed by atoms with Gasteiger partial charge in [0.25, 0.3) is 0 Å². The molecule has 0 bridgehead atoms. The number of hydrogen-bond acceptors (Lipinski definition) is 3. The number of nitrogens with zero attached hydrogens (tertiary/aromatic N) is 1. The third-order valence-electron chi connectivity index (χ3n) is 3.29. The molecule has 1 aromatic carbocycles. The summed E-state index contributed by atoms with van der Waals surface area (Å²) in [5.41, 5.74) is 1.18. The van der Waals surface area contributed by atoms with Gasteiger partial charge in [-0.05, 0) is 38.0 Å². The Balaban J connectivity index is 2.17. The molecule has 0 radical (unpaired) electrons. The molecule has 1 aliphatic heterocycles. The van der Waals surface area contributed by atoms with E-state index in [2.05, 4.69) is 4.90 Å². The van der Waals surface area contributed by atoms with Crippen LogP contribution in [-0.4, -0.2) is 32.1 Å². The number of likely N-dealkylation sites (N-methyl/N-ethyl adjacent to an activating group) is 1. The highest BCUT2D eigenvalue weighted by atomic mass is 19.1. The Morgan fingerprint density at radius 3 is 3.00 bits per heavy atom. The molecular weight excluding hydrogens is 233 g/mol. The van der Waals surface area contributed by atoms with Crippen molar-refractivity contribution in [1.29, 1.82) is 0 Å².